The number of hydrogen-bond donors (Lipinski definition) is 3. The Morgan fingerprint density at radius 3 is 2.42 bits per heavy atom. The number of amides is 2. The van der Waals surface area contributed by atoms with E-state index in [0.29, 0.717) is 18.4 Å². The Kier molecular flexibility index (Phi) is 6.13. The van der Waals surface area contributed by atoms with Crippen molar-refractivity contribution in [3.05, 3.63) is 59.2 Å². The molecule has 1 unspecified atom stereocenters. The van der Waals surface area contributed by atoms with Crippen LogP contribution in [0, 0.1) is 6.92 Å². The van der Waals surface area contributed by atoms with Crippen LogP contribution in [0.5, 0.6) is 5.75 Å². The number of phenolic OH excluding ortho intramolecular Hbond substituents is 1. The van der Waals surface area contributed by atoms with Crippen LogP contribution in [-0.4, -0.2) is 17.2 Å². The van der Waals surface area contributed by atoms with E-state index in [9.17, 15) is 23.1 Å². The quantitative estimate of drug-likeness (QED) is 0.707. The van der Waals surface area contributed by atoms with Gasteiger partial charge in [-0.15, -0.1) is 0 Å². The standard InChI is InChI=1S/C19H21F3N2O2/c1-12-9-15(19(20,21)22)11-16(10-12)24-18(26)23-13(2)3-4-14-5-7-17(25)8-6-14/h5-11,13,25H,3-4H2,1-2H3,(H2,23,24,26). The van der Waals surface area contributed by atoms with Gasteiger partial charge < -0.3 is 15.7 Å². The van der Waals surface area contributed by atoms with E-state index in [4.69, 9.17) is 0 Å². The van der Waals surface area contributed by atoms with Gasteiger partial charge in [-0.1, -0.05) is 12.1 Å². The SMILES string of the molecule is Cc1cc(NC(=O)NC(C)CCc2ccc(O)cc2)cc(C(F)(F)F)c1. The molecule has 1 atom stereocenters. The number of hydrogen-bond acceptors (Lipinski definition) is 2. The summed E-state index contributed by atoms with van der Waals surface area (Å²) in [6.07, 6.45) is -3.11. The fourth-order valence-electron chi connectivity index (χ4n) is 2.53. The van der Waals surface area contributed by atoms with Gasteiger partial charge in [0.05, 0.1) is 5.56 Å². The third-order valence-corrected chi connectivity index (χ3v) is 3.84. The Morgan fingerprint density at radius 1 is 1.15 bits per heavy atom. The third kappa shape index (κ3) is 5.98. The Hall–Kier alpha value is -2.70. The number of anilines is 1. The van der Waals surface area contributed by atoms with E-state index < -0.39 is 17.8 Å². The molecule has 7 heteroatoms. The minimum absolute atomic E-state index is 0.0977. The maximum atomic E-state index is 12.8. The van der Waals surface area contributed by atoms with Gasteiger partial charge in [-0.2, -0.15) is 13.2 Å². The Morgan fingerprint density at radius 2 is 1.81 bits per heavy atom. The molecule has 3 N–H and O–H groups in total. The molecule has 0 spiro atoms. The van der Waals surface area contributed by atoms with Gasteiger partial charge in [0.25, 0.3) is 0 Å². The maximum Gasteiger partial charge on any atom is 0.416 e. The van der Waals surface area contributed by atoms with Crippen LogP contribution in [0.25, 0.3) is 0 Å². The summed E-state index contributed by atoms with van der Waals surface area (Å²) in [5, 5.41) is 14.4. The van der Waals surface area contributed by atoms with Crippen LogP contribution in [0.4, 0.5) is 23.7 Å². The molecule has 0 aliphatic heterocycles. The number of aromatic hydroxyl groups is 1. The number of urea groups is 1. The van der Waals surface area contributed by atoms with Crippen LogP contribution in [0.3, 0.4) is 0 Å². The third-order valence-electron chi connectivity index (χ3n) is 3.84. The molecular formula is C19H21F3N2O2. The largest absolute Gasteiger partial charge is 0.508 e. The van der Waals surface area contributed by atoms with Gasteiger partial charge in [-0.3, -0.25) is 0 Å². The molecule has 0 fully saturated rings. The first kappa shape index (κ1) is 19.6. The number of phenols is 1. The average Bonchev–Trinajstić information content (AvgIpc) is 2.52. The van der Waals surface area contributed by atoms with E-state index in [1.54, 1.807) is 31.2 Å². The number of aryl methyl sites for hydroxylation is 2. The highest BCUT2D eigenvalue weighted by Gasteiger charge is 2.31. The predicted octanol–water partition coefficient (Wildman–Crippen LogP) is 4.86. The van der Waals surface area contributed by atoms with Crippen LogP contribution < -0.4 is 10.6 Å². The van der Waals surface area contributed by atoms with Gasteiger partial charge in [-0.05, 0) is 68.1 Å². The number of benzene rings is 2. The molecule has 0 aromatic heterocycles. The smallest absolute Gasteiger partial charge is 0.416 e. The number of halogens is 3. The predicted molar refractivity (Wildman–Crippen MR) is 94.2 cm³/mol. The number of nitrogens with one attached hydrogen (secondary N) is 2. The van der Waals surface area contributed by atoms with Gasteiger partial charge in [-0.25, -0.2) is 4.79 Å². The van der Waals surface area contributed by atoms with Gasteiger partial charge >= 0.3 is 12.2 Å². The van der Waals surface area contributed by atoms with Crippen LogP contribution in [-0.2, 0) is 12.6 Å². The summed E-state index contributed by atoms with van der Waals surface area (Å²) in [5.41, 5.74) is 0.731. The Balaban J connectivity index is 1.89. The molecule has 4 nitrogen and oxygen atoms in total. The van der Waals surface area contributed by atoms with Crippen LogP contribution in [0.1, 0.15) is 30.0 Å². The lowest BCUT2D eigenvalue weighted by atomic mass is 10.1. The molecule has 26 heavy (non-hydrogen) atoms. The maximum absolute atomic E-state index is 12.8. The van der Waals surface area contributed by atoms with Crippen LogP contribution in [0.2, 0.25) is 0 Å². The van der Waals surface area contributed by atoms with E-state index in [2.05, 4.69) is 10.6 Å². The molecule has 0 radical (unpaired) electrons. The fourth-order valence-corrected chi connectivity index (χ4v) is 2.53. The summed E-state index contributed by atoms with van der Waals surface area (Å²) in [6, 6.07) is 9.48. The van der Waals surface area contributed by atoms with Crippen molar-refractivity contribution in [2.45, 2.75) is 38.9 Å². The Bertz CT molecular complexity index is 758. The summed E-state index contributed by atoms with van der Waals surface area (Å²) in [6.45, 7) is 3.36. The summed E-state index contributed by atoms with van der Waals surface area (Å²) >= 11 is 0. The second-order valence-corrected chi connectivity index (χ2v) is 6.29. The Labute approximate surface area is 150 Å². The highest BCUT2D eigenvalue weighted by molar-refractivity contribution is 5.89. The van der Waals surface area contributed by atoms with Gasteiger partial charge in [0.2, 0.25) is 0 Å². The lowest BCUT2D eigenvalue weighted by Crippen LogP contribution is -2.36. The van der Waals surface area contributed by atoms with Crippen molar-refractivity contribution in [3.63, 3.8) is 0 Å². The molecular weight excluding hydrogens is 345 g/mol. The molecule has 0 heterocycles. The second-order valence-electron chi connectivity index (χ2n) is 6.29. The lowest BCUT2D eigenvalue weighted by Gasteiger charge is -2.16. The van der Waals surface area contributed by atoms with Crippen molar-refractivity contribution in [1.82, 2.24) is 5.32 Å². The number of alkyl halides is 3. The van der Waals surface area contributed by atoms with E-state index in [0.717, 1.165) is 17.7 Å². The van der Waals surface area contributed by atoms with E-state index in [-0.39, 0.29) is 17.5 Å². The van der Waals surface area contributed by atoms with E-state index in [1.165, 1.54) is 6.07 Å². The van der Waals surface area contributed by atoms with Crippen molar-refractivity contribution < 1.29 is 23.1 Å². The summed E-state index contributed by atoms with van der Waals surface area (Å²) in [5.74, 6) is 0.190. The summed E-state index contributed by atoms with van der Waals surface area (Å²) < 4.78 is 38.5. The van der Waals surface area contributed by atoms with Crippen LogP contribution in [0.15, 0.2) is 42.5 Å². The summed E-state index contributed by atoms with van der Waals surface area (Å²) in [4.78, 5) is 12.0. The molecule has 0 aliphatic carbocycles. The van der Waals surface area contributed by atoms with E-state index in [1.807, 2.05) is 6.92 Å². The highest BCUT2D eigenvalue weighted by atomic mass is 19.4. The minimum Gasteiger partial charge on any atom is -0.508 e. The molecule has 2 rings (SSSR count). The molecule has 140 valence electrons. The van der Waals surface area contributed by atoms with E-state index >= 15 is 0 Å². The second kappa shape index (κ2) is 8.12. The van der Waals surface area contributed by atoms with Crippen molar-refractivity contribution >= 4 is 11.7 Å². The first-order chi connectivity index (χ1) is 12.1. The molecule has 2 aromatic carbocycles. The fraction of sp³-hybridized carbons (Fsp3) is 0.316. The lowest BCUT2D eigenvalue weighted by molar-refractivity contribution is -0.137. The average molecular weight is 366 g/mol. The van der Waals surface area contributed by atoms with Crippen molar-refractivity contribution in [2.75, 3.05) is 5.32 Å². The van der Waals surface area contributed by atoms with Gasteiger partial charge in [0, 0.05) is 11.7 Å². The summed E-state index contributed by atoms with van der Waals surface area (Å²) in [7, 11) is 0. The zero-order valence-electron chi connectivity index (χ0n) is 14.5. The highest BCUT2D eigenvalue weighted by Crippen LogP contribution is 2.31. The first-order valence-electron chi connectivity index (χ1n) is 8.18. The number of carbonyl (C=O) groups excluding carboxylic acids is 1. The van der Waals surface area contributed by atoms with Crippen molar-refractivity contribution in [3.8, 4) is 5.75 Å². The van der Waals surface area contributed by atoms with Gasteiger partial charge in [0.15, 0.2) is 0 Å². The topological polar surface area (TPSA) is 61.4 Å². The molecule has 0 aliphatic rings. The molecule has 0 saturated carbocycles. The normalized spacial score (nSPS) is 12.5. The number of rotatable bonds is 5. The zero-order chi connectivity index (χ0) is 19.3. The first-order valence-corrected chi connectivity index (χ1v) is 8.18. The monoisotopic (exact) mass is 366 g/mol. The molecule has 0 bridgehead atoms. The van der Waals surface area contributed by atoms with Crippen LogP contribution >= 0.6 is 0 Å². The van der Waals surface area contributed by atoms with Crippen molar-refractivity contribution in [2.24, 2.45) is 0 Å². The number of carbonyl (C=O) groups is 1. The minimum atomic E-state index is -4.46. The zero-order valence-corrected chi connectivity index (χ0v) is 14.5. The molecule has 0 saturated heterocycles. The van der Waals surface area contributed by atoms with Crippen molar-refractivity contribution in [1.29, 1.82) is 0 Å². The molecule has 2 aromatic rings. The molecule has 2 amide bonds. The van der Waals surface area contributed by atoms with Gasteiger partial charge in [0.1, 0.15) is 5.75 Å².